The summed E-state index contributed by atoms with van der Waals surface area (Å²) < 4.78 is 0. The first-order valence-corrected chi connectivity index (χ1v) is 4.42. The molecule has 0 spiro atoms. The highest BCUT2D eigenvalue weighted by molar-refractivity contribution is 7.13. The van der Waals surface area contributed by atoms with E-state index < -0.39 is 0 Å². The van der Waals surface area contributed by atoms with Crippen molar-refractivity contribution in [2.24, 2.45) is 0 Å². The summed E-state index contributed by atoms with van der Waals surface area (Å²) in [6.45, 7) is 2.05. The molecule has 4 heteroatoms. The fourth-order valence-corrected chi connectivity index (χ4v) is 1.83. The standard InChI is InChI=1S/C8H7N3S/c1-6-2-3-12-7(6)8-10-4-9-5-11-8/h2-5H,1H3. The predicted octanol–water partition coefficient (Wildman–Crippen LogP) is 1.91. The number of aryl methyl sites for hydroxylation is 1. The summed E-state index contributed by atoms with van der Waals surface area (Å²) in [5, 5.41) is 2.04. The minimum Gasteiger partial charge on any atom is -0.225 e. The van der Waals surface area contributed by atoms with Gasteiger partial charge in [0.05, 0.1) is 4.88 Å². The number of hydrogen-bond donors (Lipinski definition) is 0. The van der Waals surface area contributed by atoms with Crippen LogP contribution < -0.4 is 0 Å². The quantitative estimate of drug-likeness (QED) is 0.667. The van der Waals surface area contributed by atoms with E-state index in [1.54, 1.807) is 11.3 Å². The molecular weight excluding hydrogens is 170 g/mol. The lowest BCUT2D eigenvalue weighted by Crippen LogP contribution is -1.87. The summed E-state index contributed by atoms with van der Waals surface area (Å²) in [4.78, 5) is 13.0. The van der Waals surface area contributed by atoms with Crippen LogP contribution >= 0.6 is 11.3 Å². The maximum absolute atomic E-state index is 4.07. The SMILES string of the molecule is Cc1ccsc1-c1ncncn1. The second-order valence-electron chi connectivity index (χ2n) is 2.39. The van der Waals surface area contributed by atoms with Gasteiger partial charge in [-0.1, -0.05) is 0 Å². The molecule has 0 fully saturated rings. The molecule has 0 aliphatic heterocycles. The van der Waals surface area contributed by atoms with Crippen molar-refractivity contribution >= 4 is 11.3 Å². The Labute approximate surface area is 74.2 Å². The van der Waals surface area contributed by atoms with E-state index in [4.69, 9.17) is 0 Å². The van der Waals surface area contributed by atoms with Gasteiger partial charge in [0, 0.05) is 0 Å². The van der Waals surface area contributed by atoms with Crippen LogP contribution in [0.4, 0.5) is 0 Å². The highest BCUT2D eigenvalue weighted by Crippen LogP contribution is 2.24. The summed E-state index contributed by atoms with van der Waals surface area (Å²) in [7, 11) is 0. The van der Waals surface area contributed by atoms with Gasteiger partial charge in [-0.05, 0) is 23.9 Å². The van der Waals surface area contributed by atoms with E-state index in [-0.39, 0.29) is 0 Å². The lowest BCUT2D eigenvalue weighted by atomic mass is 10.3. The zero-order chi connectivity index (χ0) is 8.39. The molecule has 0 radical (unpaired) electrons. The molecule has 0 unspecified atom stereocenters. The van der Waals surface area contributed by atoms with Crippen molar-refractivity contribution in [3.8, 4) is 10.7 Å². The van der Waals surface area contributed by atoms with Gasteiger partial charge in [-0.15, -0.1) is 11.3 Å². The topological polar surface area (TPSA) is 38.7 Å². The molecule has 2 aromatic heterocycles. The van der Waals surface area contributed by atoms with E-state index in [0.29, 0.717) is 0 Å². The summed E-state index contributed by atoms with van der Waals surface area (Å²) in [6.07, 6.45) is 3.03. The van der Waals surface area contributed by atoms with Gasteiger partial charge in [0.25, 0.3) is 0 Å². The van der Waals surface area contributed by atoms with Gasteiger partial charge in [-0.3, -0.25) is 0 Å². The summed E-state index contributed by atoms with van der Waals surface area (Å²) >= 11 is 1.65. The number of rotatable bonds is 1. The van der Waals surface area contributed by atoms with Gasteiger partial charge in [0.15, 0.2) is 5.82 Å². The van der Waals surface area contributed by atoms with E-state index in [2.05, 4.69) is 27.9 Å². The van der Waals surface area contributed by atoms with Gasteiger partial charge in [-0.25, -0.2) is 15.0 Å². The molecule has 0 saturated carbocycles. The van der Waals surface area contributed by atoms with E-state index in [1.807, 2.05) is 5.38 Å². The highest BCUT2D eigenvalue weighted by atomic mass is 32.1. The molecule has 2 rings (SSSR count). The molecule has 2 aromatic rings. The minimum absolute atomic E-state index is 0.762. The molecule has 3 nitrogen and oxygen atoms in total. The van der Waals surface area contributed by atoms with Crippen LogP contribution in [0.2, 0.25) is 0 Å². The van der Waals surface area contributed by atoms with Crippen LogP contribution in [0.1, 0.15) is 5.56 Å². The van der Waals surface area contributed by atoms with Crippen molar-refractivity contribution in [3.05, 3.63) is 29.7 Å². The van der Waals surface area contributed by atoms with Crippen molar-refractivity contribution in [3.63, 3.8) is 0 Å². The van der Waals surface area contributed by atoms with Crippen LogP contribution in [0.5, 0.6) is 0 Å². The molecular formula is C8H7N3S. The summed E-state index contributed by atoms with van der Waals surface area (Å²) in [5.74, 6) is 0.762. The summed E-state index contributed by atoms with van der Waals surface area (Å²) in [5.41, 5.74) is 1.21. The van der Waals surface area contributed by atoms with E-state index >= 15 is 0 Å². The van der Waals surface area contributed by atoms with Crippen LogP contribution in [0, 0.1) is 6.92 Å². The molecule has 60 valence electrons. The van der Waals surface area contributed by atoms with Gasteiger partial charge >= 0.3 is 0 Å². The Morgan fingerprint density at radius 3 is 2.58 bits per heavy atom. The van der Waals surface area contributed by atoms with Gasteiger partial charge < -0.3 is 0 Å². The Morgan fingerprint density at radius 2 is 2.00 bits per heavy atom. The molecule has 0 bridgehead atoms. The number of nitrogens with zero attached hydrogens (tertiary/aromatic N) is 3. The molecule has 0 aliphatic rings. The Hall–Kier alpha value is -1.29. The predicted molar refractivity (Wildman–Crippen MR) is 47.9 cm³/mol. The Bertz CT molecular complexity index is 369. The maximum atomic E-state index is 4.07. The monoisotopic (exact) mass is 177 g/mol. The zero-order valence-corrected chi connectivity index (χ0v) is 7.38. The van der Waals surface area contributed by atoms with Crippen molar-refractivity contribution < 1.29 is 0 Å². The highest BCUT2D eigenvalue weighted by Gasteiger charge is 2.04. The molecule has 0 aliphatic carbocycles. The average molecular weight is 177 g/mol. The molecule has 0 N–H and O–H groups in total. The van der Waals surface area contributed by atoms with E-state index in [1.165, 1.54) is 18.2 Å². The molecule has 0 saturated heterocycles. The molecule has 2 heterocycles. The van der Waals surface area contributed by atoms with Crippen LogP contribution in [0.15, 0.2) is 24.1 Å². The third-order valence-corrected chi connectivity index (χ3v) is 2.57. The van der Waals surface area contributed by atoms with Gasteiger partial charge in [0.1, 0.15) is 12.7 Å². The largest absolute Gasteiger partial charge is 0.225 e. The number of thiophene rings is 1. The van der Waals surface area contributed by atoms with E-state index in [0.717, 1.165) is 10.7 Å². The first kappa shape index (κ1) is 7.36. The Morgan fingerprint density at radius 1 is 1.25 bits per heavy atom. The Kier molecular flexibility index (Phi) is 1.83. The normalized spacial score (nSPS) is 10.1. The van der Waals surface area contributed by atoms with Crippen molar-refractivity contribution in [2.45, 2.75) is 6.92 Å². The third-order valence-electron chi connectivity index (χ3n) is 1.56. The van der Waals surface area contributed by atoms with Gasteiger partial charge in [-0.2, -0.15) is 0 Å². The third kappa shape index (κ3) is 1.21. The Balaban J connectivity index is 2.51. The number of aromatic nitrogens is 3. The molecule has 0 aromatic carbocycles. The lowest BCUT2D eigenvalue weighted by Gasteiger charge is -1.94. The average Bonchev–Trinajstić information content (AvgIpc) is 2.53. The first-order chi connectivity index (χ1) is 5.88. The maximum Gasteiger partial charge on any atom is 0.172 e. The minimum atomic E-state index is 0.762. The molecule has 12 heavy (non-hydrogen) atoms. The van der Waals surface area contributed by atoms with Crippen LogP contribution in [-0.4, -0.2) is 15.0 Å². The summed E-state index contributed by atoms with van der Waals surface area (Å²) in [6, 6.07) is 2.06. The zero-order valence-electron chi connectivity index (χ0n) is 6.56. The van der Waals surface area contributed by atoms with Gasteiger partial charge in [0.2, 0.25) is 0 Å². The van der Waals surface area contributed by atoms with Crippen molar-refractivity contribution in [1.29, 1.82) is 0 Å². The first-order valence-electron chi connectivity index (χ1n) is 3.54. The van der Waals surface area contributed by atoms with Crippen molar-refractivity contribution in [2.75, 3.05) is 0 Å². The van der Waals surface area contributed by atoms with Crippen molar-refractivity contribution in [1.82, 2.24) is 15.0 Å². The smallest absolute Gasteiger partial charge is 0.172 e. The fraction of sp³-hybridized carbons (Fsp3) is 0.125. The van der Waals surface area contributed by atoms with Crippen LogP contribution in [0.3, 0.4) is 0 Å². The van der Waals surface area contributed by atoms with E-state index in [9.17, 15) is 0 Å². The second-order valence-corrected chi connectivity index (χ2v) is 3.31. The number of hydrogen-bond acceptors (Lipinski definition) is 4. The second kappa shape index (κ2) is 2.98. The van der Waals surface area contributed by atoms with Crippen LogP contribution in [0.25, 0.3) is 10.7 Å². The molecule has 0 atom stereocenters. The molecule has 0 amide bonds. The van der Waals surface area contributed by atoms with Crippen LogP contribution in [-0.2, 0) is 0 Å². The lowest BCUT2D eigenvalue weighted by molar-refractivity contribution is 1.06. The fourth-order valence-electron chi connectivity index (χ4n) is 0.958.